The van der Waals surface area contributed by atoms with Gasteiger partial charge in [0.05, 0.1) is 15.8 Å². The van der Waals surface area contributed by atoms with Crippen molar-refractivity contribution >= 4 is 32.7 Å². The first kappa shape index (κ1) is 17.7. The van der Waals surface area contributed by atoms with E-state index in [2.05, 4.69) is 9.71 Å². The molecule has 0 bridgehead atoms. The predicted molar refractivity (Wildman–Crippen MR) is 99.3 cm³/mol. The van der Waals surface area contributed by atoms with Crippen molar-refractivity contribution in [2.24, 2.45) is 7.05 Å². The summed E-state index contributed by atoms with van der Waals surface area (Å²) in [5.41, 5.74) is 0.524. The van der Waals surface area contributed by atoms with Crippen LogP contribution < -0.4 is 10.3 Å². The molecule has 0 aliphatic heterocycles. The molecule has 25 heavy (non-hydrogen) atoms. The van der Waals surface area contributed by atoms with Gasteiger partial charge in [0.1, 0.15) is 0 Å². The van der Waals surface area contributed by atoms with Gasteiger partial charge in [0.15, 0.2) is 5.16 Å². The van der Waals surface area contributed by atoms with Gasteiger partial charge in [0, 0.05) is 19.3 Å². The third-order valence-corrected chi connectivity index (χ3v) is 6.13. The van der Waals surface area contributed by atoms with Gasteiger partial charge in [0.2, 0.25) is 10.0 Å². The monoisotopic (exact) mass is 375 g/mol. The zero-order chi connectivity index (χ0) is 17.9. The lowest BCUT2D eigenvalue weighted by Crippen LogP contribution is -2.26. The molecule has 6 nitrogen and oxygen atoms in total. The molecular weight excluding hydrogens is 358 g/mol. The summed E-state index contributed by atoms with van der Waals surface area (Å²) in [5, 5.41) is 1.13. The van der Waals surface area contributed by atoms with Crippen molar-refractivity contribution in [3.8, 4) is 0 Å². The molecule has 3 aromatic rings. The van der Waals surface area contributed by atoms with Crippen molar-refractivity contribution in [3.05, 3.63) is 65.0 Å². The van der Waals surface area contributed by atoms with Crippen molar-refractivity contribution in [2.45, 2.75) is 10.1 Å². The minimum absolute atomic E-state index is 0.113. The Labute approximate surface area is 150 Å². The Morgan fingerprint density at radius 3 is 2.52 bits per heavy atom. The Balaban J connectivity index is 1.68. The number of aromatic nitrogens is 2. The van der Waals surface area contributed by atoms with Crippen molar-refractivity contribution < 1.29 is 8.42 Å². The Kier molecular flexibility index (Phi) is 5.22. The van der Waals surface area contributed by atoms with E-state index in [1.807, 2.05) is 6.07 Å². The minimum atomic E-state index is -3.52. The fourth-order valence-electron chi connectivity index (χ4n) is 2.33. The molecular formula is C17H17N3O3S2. The van der Waals surface area contributed by atoms with E-state index in [1.54, 1.807) is 55.6 Å². The van der Waals surface area contributed by atoms with Crippen LogP contribution in [-0.2, 0) is 17.1 Å². The Morgan fingerprint density at radius 2 is 1.76 bits per heavy atom. The summed E-state index contributed by atoms with van der Waals surface area (Å²) in [6.07, 6.45) is 0. The molecule has 0 radical (unpaired) electrons. The Bertz CT molecular complexity index is 1050. The molecule has 0 fully saturated rings. The van der Waals surface area contributed by atoms with Crippen molar-refractivity contribution in [2.75, 3.05) is 12.3 Å². The van der Waals surface area contributed by atoms with Crippen LogP contribution in [0.4, 0.5) is 0 Å². The highest BCUT2D eigenvalue weighted by Gasteiger charge is 2.13. The number of nitrogens with zero attached hydrogens (tertiary/aromatic N) is 2. The number of hydrogen-bond acceptors (Lipinski definition) is 5. The number of fused-ring (bicyclic) bond motifs is 1. The van der Waals surface area contributed by atoms with Crippen LogP contribution in [0.3, 0.4) is 0 Å². The fourth-order valence-corrected chi connectivity index (χ4v) is 4.34. The summed E-state index contributed by atoms with van der Waals surface area (Å²) in [6, 6.07) is 15.4. The molecule has 1 N–H and O–H groups in total. The zero-order valence-electron chi connectivity index (χ0n) is 13.5. The first-order valence-electron chi connectivity index (χ1n) is 7.62. The number of benzene rings is 2. The fraction of sp³-hybridized carbons (Fsp3) is 0.176. The summed E-state index contributed by atoms with van der Waals surface area (Å²) in [4.78, 5) is 17.0. The number of para-hydroxylation sites is 1. The van der Waals surface area contributed by atoms with Gasteiger partial charge in [-0.2, -0.15) is 0 Å². The number of thioether (sulfide) groups is 1. The molecule has 0 atom stereocenters. The quantitative estimate of drug-likeness (QED) is 0.405. The highest BCUT2D eigenvalue weighted by Crippen LogP contribution is 2.16. The van der Waals surface area contributed by atoms with Crippen molar-refractivity contribution in [1.82, 2.24) is 14.3 Å². The molecule has 0 unspecified atom stereocenters. The van der Waals surface area contributed by atoms with Gasteiger partial charge in [-0.1, -0.05) is 42.1 Å². The van der Waals surface area contributed by atoms with Gasteiger partial charge in [-0.05, 0) is 24.3 Å². The first-order chi connectivity index (χ1) is 12.0. The molecule has 2 aromatic carbocycles. The van der Waals surface area contributed by atoms with Gasteiger partial charge < -0.3 is 0 Å². The molecule has 1 aromatic heterocycles. The Morgan fingerprint density at radius 1 is 1.08 bits per heavy atom. The summed E-state index contributed by atoms with van der Waals surface area (Å²) >= 11 is 1.34. The van der Waals surface area contributed by atoms with Crippen LogP contribution in [0.25, 0.3) is 10.9 Å². The van der Waals surface area contributed by atoms with Gasteiger partial charge in [0.25, 0.3) is 5.56 Å². The molecule has 0 amide bonds. The second-order valence-corrected chi connectivity index (χ2v) is 8.16. The largest absolute Gasteiger partial charge is 0.290 e. The molecule has 0 spiro atoms. The van der Waals surface area contributed by atoms with E-state index in [9.17, 15) is 13.2 Å². The van der Waals surface area contributed by atoms with Crippen LogP contribution in [0.2, 0.25) is 0 Å². The van der Waals surface area contributed by atoms with E-state index in [0.29, 0.717) is 21.8 Å². The van der Waals surface area contributed by atoms with E-state index in [4.69, 9.17) is 0 Å². The first-order valence-corrected chi connectivity index (χ1v) is 10.1. The molecule has 0 saturated heterocycles. The van der Waals surface area contributed by atoms with E-state index >= 15 is 0 Å². The van der Waals surface area contributed by atoms with Crippen LogP contribution in [0.15, 0.2) is 69.4 Å². The second-order valence-electron chi connectivity index (χ2n) is 5.33. The lowest BCUT2D eigenvalue weighted by molar-refractivity contribution is 0.584. The third kappa shape index (κ3) is 3.92. The summed E-state index contributed by atoms with van der Waals surface area (Å²) in [7, 11) is -1.86. The van der Waals surface area contributed by atoms with Gasteiger partial charge >= 0.3 is 0 Å². The van der Waals surface area contributed by atoms with Crippen LogP contribution in [0.5, 0.6) is 0 Å². The third-order valence-electron chi connectivity index (χ3n) is 3.62. The molecule has 3 rings (SSSR count). The number of sulfonamides is 1. The molecule has 0 aliphatic rings. The average molecular weight is 375 g/mol. The highest BCUT2D eigenvalue weighted by molar-refractivity contribution is 7.99. The van der Waals surface area contributed by atoms with Gasteiger partial charge in [-0.15, -0.1) is 0 Å². The number of hydrogen-bond donors (Lipinski definition) is 1. The lowest BCUT2D eigenvalue weighted by Gasteiger charge is -2.09. The minimum Gasteiger partial charge on any atom is -0.290 e. The maximum Gasteiger partial charge on any atom is 0.261 e. The standard InChI is InChI=1S/C17H17N3O3S2/c1-20-16(21)14-9-5-6-10-15(14)19-17(20)24-12-11-18-25(22,23)13-7-3-2-4-8-13/h2-10,18H,11-12H2,1H3. The molecule has 8 heteroatoms. The molecule has 1 heterocycles. The lowest BCUT2D eigenvalue weighted by atomic mass is 10.2. The maximum absolute atomic E-state index is 12.3. The molecule has 0 aliphatic carbocycles. The van der Waals surface area contributed by atoms with E-state index in [-0.39, 0.29) is 17.0 Å². The Hall–Kier alpha value is -2.16. The number of rotatable bonds is 6. The van der Waals surface area contributed by atoms with E-state index in [0.717, 1.165) is 0 Å². The van der Waals surface area contributed by atoms with Crippen LogP contribution in [0, 0.1) is 0 Å². The highest BCUT2D eigenvalue weighted by atomic mass is 32.2. The molecule has 130 valence electrons. The van der Waals surface area contributed by atoms with E-state index < -0.39 is 10.0 Å². The maximum atomic E-state index is 12.3. The van der Waals surface area contributed by atoms with Crippen molar-refractivity contribution in [3.63, 3.8) is 0 Å². The summed E-state index contributed by atoms with van der Waals surface area (Å²) < 4.78 is 28.3. The van der Waals surface area contributed by atoms with Crippen molar-refractivity contribution in [1.29, 1.82) is 0 Å². The smallest absolute Gasteiger partial charge is 0.261 e. The van der Waals surface area contributed by atoms with Crippen LogP contribution in [-0.4, -0.2) is 30.3 Å². The van der Waals surface area contributed by atoms with Crippen LogP contribution >= 0.6 is 11.8 Å². The second kappa shape index (κ2) is 7.38. The van der Waals surface area contributed by atoms with E-state index in [1.165, 1.54) is 16.3 Å². The summed E-state index contributed by atoms with van der Waals surface area (Å²) in [6.45, 7) is 0.241. The summed E-state index contributed by atoms with van der Waals surface area (Å²) in [5.74, 6) is 0.463. The topological polar surface area (TPSA) is 81.1 Å². The van der Waals surface area contributed by atoms with Gasteiger partial charge in [-0.25, -0.2) is 18.1 Å². The van der Waals surface area contributed by atoms with Crippen LogP contribution in [0.1, 0.15) is 0 Å². The number of nitrogens with one attached hydrogen (secondary N) is 1. The average Bonchev–Trinajstić information content (AvgIpc) is 2.63. The normalized spacial score (nSPS) is 11.7. The molecule has 0 saturated carbocycles. The SMILES string of the molecule is Cn1c(SCCNS(=O)(=O)c2ccccc2)nc2ccccc2c1=O. The zero-order valence-corrected chi connectivity index (χ0v) is 15.2. The predicted octanol–water partition coefficient (Wildman–Crippen LogP) is 2.00. The van der Waals surface area contributed by atoms with Gasteiger partial charge in [-0.3, -0.25) is 9.36 Å².